The molecular weight excluding hydrogens is 311 g/mol. The summed E-state index contributed by atoms with van der Waals surface area (Å²) in [4.78, 5) is 20.9. The Morgan fingerprint density at radius 3 is 2.83 bits per heavy atom. The summed E-state index contributed by atoms with van der Waals surface area (Å²) in [7, 11) is 0. The molecule has 0 fully saturated rings. The minimum absolute atomic E-state index is 0.242. The number of alkyl halides is 3. The van der Waals surface area contributed by atoms with E-state index in [-0.39, 0.29) is 17.7 Å². The van der Waals surface area contributed by atoms with Gasteiger partial charge in [0.05, 0.1) is 11.1 Å². The van der Waals surface area contributed by atoms with E-state index in [1.165, 1.54) is 29.0 Å². The van der Waals surface area contributed by atoms with Crippen LogP contribution < -0.4 is 10.3 Å². The Hall–Kier alpha value is -2.90. The van der Waals surface area contributed by atoms with Crippen LogP contribution in [0.25, 0.3) is 16.7 Å². The summed E-state index contributed by atoms with van der Waals surface area (Å²) in [6, 6.07) is 7.13. The lowest BCUT2D eigenvalue weighted by Gasteiger charge is -2.10. The van der Waals surface area contributed by atoms with Gasteiger partial charge in [0.15, 0.2) is 5.65 Å². The van der Waals surface area contributed by atoms with Crippen LogP contribution in [-0.2, 0) is 6.42 Å². The van der Waals surface area contributed by atoms with Gasteiger partial charge in [-0.2, -0.15) is 0 Å². The third kappa shape index (κ3) is 2.23. The number of aromatic nitrogens is 3. The number of nitrogens with zero attached hydrogens (tertiary/aromatic N) is 3. The summed E-state index contributed by atoms with van der Waals surface area (Å²) in [5, 5.41) is 0.361. The number of ether oxygens (including phenoxy) is 1. The molecule has 1 aliphatic rings. The molecular formula is C15H8F3N3O2. The average molecular weight is 319 g/mol. The highest BCUT2D eigenvalue weighted by Gasteiger charge is 2.32. The summed E-state index contributed by atoms with van der Waals surface area (Å²) in [5.41, 5.74) is 1.09. The van der Waals surface area contributed by atoms with Crippen LogP contribution in [0.3, 0.4) is 0 Å². The number of fused-ring (bicyclic) bond motifs is 4. The van der Waals surface area contributed by atoms with Crippen molar-refractivity contribution in [1.29, 1.82) is 0 Å². The monoisotopic (exact) mass is 319 g/mol. The SMILES string of the molecule is O=c1c2cccnc2nc2n1-c1ccc(OC(F)(F)F)cc1C2. The molecule has 5 nitrogen and oxygen atoms in total. The molecule has 0 unspecified atom stereocenters. The fourth-order valence-corrected chi connectivity index (χ4v) is 2.72. The van der Waals surface area contributed by atoms with Gasteiger partial charge in [-0.25, -0.2) is 9.97 Å². The van der Waals surface area contributed by atoms with E-state index in [1.54, 1.807) is 12.1 Å². The van der Waals surface area contributed by atoms with Crippen molar-refractivity contribution in [2.75, 3.05) is 0 Å². The molecule has 2 aromatic heterocycles. The first kappa shape index (κ1) is 13.7. The predicted octanol–water partition coefficient (Wildman–Crippen LogP) is 2.58. The van der Waals surface area contributed by atoms with Crippen LogP contribution in [0.1, 0.15) is 11.4 Å². The zero-order chi connectivity index (χ0) is 16.2. The molecule has 0 N–H and O–H groups in total. The van der Waals surface area contributed by atoms with E-state index in [9.17, 15) is 18.0 Å². The van der Waals surface area contributed by atoms with Crippen molar-refractivity contribution in [1.82, 2.24) is 14.5 Å². The molecule has 8 heteroatoms. The normalized spacial score (nSPS) is 13.0. The third-order valence-electron chi connectivity index (χ3n) is 3.59. The molecule has 0 spiro atoms. The van der Waals surface area contributed by atoms with E-state index in [4.69, 9.17) is 0 Å². The molecule has 0 saturated carbocycles. The topological polar surface area (TPSA) is 57.0 Å². The summed E-state index contributed by atoms with van der Waals surface area (Å²) in [6.07, 6.45) is -2.98. The average Bonchev–Trinajstić information content (AvgIpc) is 2.83. The third-order valence-corrected chi connectivity index (χ3v) is 3.59. The van der Waals surface area contributed by atoms with E-state index < -0.39 is 6.36 Å². The van der Waals surface area contributed by atoms with Crippen molar-refractivity contribution in [3.63, 3.8) is 0 Å². The lowest BCUT2D eigenvalue weighted by molar-refractivity contribution is -0.274. The second-order valence-electron chi connectivity index (χ2n) is 5.06. The van der Waals surface area contributed by atoms with Gasteiger partial charge in [-0.3, -0.25) is 9.36 Å². The smallest absolute Gasteiger partial charge is 0.406 e. The Morgan fingerprint density at radius 2 is 2.04 bits per heavy atom. The van der Waals surface area contributed by atoms with Crippen LogP contribution in [0.15, 0.2) is 41.3 Å². The van der Waals surface area contributed by atoms with E-state index in [2.05, 4.69) is 14.7 Å². The first-order chi connectivity index (χ1) is 10.9. The minimum Gasteiger partial charge on any atom is -0.406 e. The number of halogens is 3. The Morgan fingerprint density at radius 1 is 1.22 bits per heavy atom. The van der Waals surface area contributed by atoms with Gasteiger partial charge in [0.25, 0.3) is 5.56 Å². The molecule has 4 rings (SSSR count). The van der Waals surface area contributed by atoms with Crippen LogP contribution in [0.5, 0.6) is 5.75 Å². The zero-order valence-corrected chi connectivity index (χ0v) is 11.5. The first-order valence-corrected chi connectivity index (χ1v) is 6.68. The van der Waals surface area contributed by atoms with E-state index >= 15 is 0 Å². The van der Waals surface area contributed by atoms with Crippen molar-refractivity contribution in [2.24, 2.45) is 0 Å². The fourth-order valence-electron chi connectivity index (χ4n) is 2.72. The second kappa shape index (κ2) is 4.55. The Labute approximate surface area is 127 Å². The molecule has 0 atom stereocenters. The molecule has 0 amide bonds. The van der Waals surface area contributed by atoms with E-state index in [0.29, 0.717) is 28.1 Å². The van der Waals surface area contributed by atoms with Crippen LogP contribution in [0.4, 0.5) is 13.2 Å². The van der Waals surface area contributed by atoms with Crippen molar-refractivity contribution in [3.05, 3.63) is 58.3 Å². The van der Waals surface area contributed by atoms with Gasteiger partial charge in [-0.1, -0.05) is 0 Å². The van der Waals surface area contributed by atoms with Gasteiger partial charge >= 0.3 is 6.36 Å². The van der Waals surface area contributed by atoms with Crippen molar-refractivity contribution in [3.8, 4) is 11.4 Å². The Kier molecular flexibility index (Phi) is 2.72. The number of benzene rings is 1. The van der Waals surface area contributed by atoms with Crippen LogP contribution in [0, 0.1) is 0 Å². The Bertz CT molecular complexity index is 995. The lowest BCUT2D eigenvalue weighted by Crippen LogP contribution is -2.20. The molecule has 3 heterocycles. The minimum atomic E-state index is -4.76. The summed E-state index contributed by atoms with van der Waals surface area (Å²) in [5.74, 6) is 0.125. The summed E-state index contributed by atoms with van der Waals surface area (Å²) >= 11 is 0. The number of pyridine rings is 1. The predicted molar refractivity (Wildman–Crippen MR) is 74.6 cm³/mol. The largest absolute Gasteiger partial charge is 0.573 e. The number of hydrogen-bond donors (Lipinski definition) is 0. The van der Waals surface area contributed by atoms with E-state index in [0.717, 1.165) is 0 Å². The standard InChI is InChI=1S/C15H8F3N3O2/c16-15(17,18)23-9-3-4-11-8(6-9)7-12-20-13-10(2-1-5-19-13)14(22)21(11)12/h1-6H,7H2. The van der Waals surface area contributed by atoms with Crippen molar-refractivity contribution >= 4 is 11.0 Å². The van der Waals surface area contributed by atoms with Gasteiger partial charge in [0, 0.05) is 12.6 Å². The number of rotatable bonds is 1. The van der Waals surface area contributed by atoms with Gasteiger partial charge in [0.1, 0.15) is 11.6 Å². The molecule has 116 valence electrons. The quantitative estimate of drug-likeness (QED) is 0.541. The molecule has 1 aromatic carbocycles. The molecule has 0 saturated heterocycles. The molecule has 0 bridgehead atoms. The Balaban J connectivity index is 1.87. The first-order valence-electron chi connectivity index (χ1n) is 6.68. The highest BCUT2D eigenvalue weighted by atomic mass is 19.4. The highest BCUT2D eigenvalue weighted by Crippen LogP contribution is 2.31. The maximum Gasteiger partial charge on any atom is 0.573 e. The molecule has 23 heavy (non-hydrogen) atoms. The van der Waals surface area contributed by atoms with Gasteiger partial charge in [-0.15, -0.1) is 13.2 Å². The van der Waals surface area contributed by atoms with Gasteiger partial charge < -0.3 is 4.74 Å². The summed E-state index contributed by atoms with van der Waals surface area (Å²) < 4.78 is 42.2. The van der Waals surface area contributed by atoms with Crippen LogP contribution in [0.2, 0.25) is 0 Å². The second-order valence-corrected chi connectivity index (χ2v) is 5.06. The molecule has 1 aliphatic heterocycles. The van der Waals surface area contributed by atoms with Crippen molar-refractivity contribution in [2.45, 2.75) is 12.8 Å². The van der Waals surface area contributed by atoms with Gasteiger partial charge in [-0.05, 0) is 35.9 Å². The van der Waals surface area contributed by atoms with Crippen molar-refractivity contribution < 1.29 is 17.9 Å². The fraction of sp³-hybridized carbons (Fsp3) is 0.133. The summed E-state index contributed by atoms with van der Waals surface area (Å²) in [6.45, 7) is 0. The molecule has 0 aliphatic carbocycles. The van der Waals surface area contributed by atoms with Crippen LogP contribution >= 0.6 is 0 Å². The molecule has 3 aromatic rings. The maximum absolute atomic E-state index is 12.6. The van der Waals surface area contributed by atoms with E-state index in [1.807, 2.05) is 0 Å². The zero-order valence-electron chi connectivity index (χ0n) is 11.5. The van der Waals surface area contributed by atoms with Crippen LogP contribution in [-0.4, -0.2) is 20.9 Å². The van der Waals surface area contributed by atoms with Gasteiger partial charge in [0.2, 0.25) is 0 Å². The number of hydrogen-bond acceptors (Lipinski definition) is 4. The molecule has 0 radical (unpaired) electrons. The maximum atomic E-state index is 12.6. The highest BCUT2D eigenvalue weighted by molar-refractivity contribution is 5.74. The lowest BCUT2D eigenvalue weighted by atomic mass is 10.1.